The predicted octanol–water partition coefficient (Wildman–Crippen LogP) is 1.95. The molecular weight excluding hydrogens is 260 g/mol. The van der Waals surface area contributed by atoms with Gasteiger partial charge < -0.3 is 15.8 Å². The van der Waals surface area contributed by atoms with Crippen molar-refractivity contribution in [1.82, 2.24) is 5.32 Å². The van der Waals surface area contributed by atoms with Crippen LogP contribution < -0.4 is 11.1 Å². The van der Waals surface area contributed by atoms with E-state index in [0.29, 0.717) is 13.0 Å². The van der Waals surface area contributed by atoms with Crippen molar-refractivity contribution in [2.75, 3.05) is 19.9 Å². The van der Waals surface area contributed by atoms with Crippen molar-refractivity contribution in [3.63, 3.8) is 0 Å². The fourth-order valence-electron chi connectivity index (χ4n) is 1.75. The van der Waals surface area contributed by atoms with Crippen molar-refractivity contribution in [2.24, 2.45) is 5.73 Å². The molecule has 0 heterocycles. The van der Waals surface area contributed by atoms with E-state index in [9.17, 15) is 4.79 Å². The molecule has 2 atom stereocenters. The van der Waals surface area contributed by atoms with E-state index in [1.54, 1.807) is 18.9 Å². The van der Waals surface area contributed by atoms with E-state index in [1.165, 1.54) is 4.90 Å². The molecule has 1 rings (SSSR count). The summed E-state index contributed by atoms with van der Waals surface area (Å²) in [6.07, 6.45) is 2.11. The van der Waals surface area contributed by atoms with Crippen LogP contribution in [0.3, 0.4) is 0 Å². The fourth-order valence-corrected chi connectivity index (χ4v) is 2.15. The van der Waals surface area contributed by atoms with Crippen LogP contribution in [-0.2, 0) is 9.53 Å². The maximum absolute atomic E-state index is 11.8. The maximum Gasteiger partial charge on any atom is 0.223 e. The first-order valence-corrected chi connectivity index (χ1v) is 7.49. The second-order valence-electron chi connectivity index (χ2n) is 4.36. The van der Waals surface area contributed by atoms with E-state index < -0.39 is 0 Å². The molecule has 0 aliphatic heterocycles. The Morgan fingerprint density at radius 3 is 2.53 bits per heavy atom. The summed E-state index contributed by atoms with van der Waals surface area (Å²) < 4.78 is 5.10. The molecule has 4 nitrogen and oxygen atoms in total. The molecule has 2 unspecified atom stereocenters. The number of hydrogen-bond donors (Lipinski definition) is 2. The minimum absolute atomic E-state index is 0.0151. The Labute approximate surface area is 119 Å². The van der Waals surface area contributed by atoms with Crippen LogP contribution in [0, 0.1) is 0 Å². The first kappa shape index (κ1) is 16.0. The van der Waals surface area contributed by atoms with Crippen molar-refractivity contribution >= 4 is 17.7 Å². The third-order valence-corrected chi connectivity index (χ3v) is 3.75. The Balaban J connectivity index is 2.53. The molecule has 1 aromatic rings. The van der Waals surface area contributed by atoms with E-state index >= 15 is 0 Å². The van der Waals surface area contributed by atoms with E-state index in [4.69, 9.17) is 10.5 Å². The Morgan fingerprint density at radius 1 is 1.42 bits per heavy atom. The first-order chi connectivity index (χ1) is 9.10. The van der Waals surface area contributed by atoms with Gasteiger partial charge in [-0.3, -0.25) is 4.79 Å². The standard InChI is InChI=1S/C14H22N2O2S/c1-10(11-4-6-13(19-3)7-5-11)16-14(17)8-12(9-15)18-2/h4-7,10,12H,8-9,15H2,1-3H3,(H,16,17). The Hall–Kier alpha value is -1.04. The zero-order valence-corrected chi connectivity index (χ0v) is 12.5. The van der Waals surface area contributed by atoms with Crippen LogP contribution in [0.5, 0.6) is 0 Å². The summed E-state index contributed by atoms with van der Waals surface area (Å²) in [6, 6.07) is 8.17. The van der Waals surface area contributed by atoms with Gasteiger partial charge in [-0.2, -0.15) is 0 Å². The maximum atomic E-state index is 11.8. The van der Waals surface area contributed by atoms with Gasteiger partial charge in [0, 0.05) is 18.6 Å². The van der Waals surface area contributed by atoms with Gasteiger partial charge in [-0.25, -0.2) is 0 Å². The van der Waals surface area contributed by atoms with Gasteiger partial charge in [0.05, 0.1) is 18.6 Å². The van der Waals surface area contributed by atoms with Crippen molar-refractivity contribution in [2.45, 2.75) is 30.4 Å². The smallest absolute Gasteiger partial charge is 0.223 e. The van der Waals surface area contributed by atoms with Crippen LogP contribution in [0.25, 0.3) is 0 Å². The van der Waals surface area contributed by atoms with Crippen molar-refractivity contribution < 1.29 is 9.53 Å². The van der Waals surface area contributed by atoms with Crippen LogP contribution in [-0.4, -0.2) is 31.9 Å². The monoisotopic (exact) mass is 282 g/mol. The van der Waals surface area contributed by atoms with E-state index in [0.717, 1.165) is 5.56 Å². The molecular formula is C14H22N2O2S. The highest BCUT2D eigenvalue weighted by Gasteiger charge is 2.14. The number of carbonyl (C=O) groups excluding carboxylic acids is 1. The number of nitrogens with one attached hydrogen (secondary N) is 1. The second kappa shape index (κ2) is 8.19. The van der Waals surface area contributed by atoms with Gasteiger partial charge in [-0.15, -0.1) is 11.8 Å². The van der Waals surface area contributed by atoms with Gasteiger partial charge in [0.15, 0.2) is 0 Å². The van der Waals surface area contributed by atoms with E-state index in [-0.39, 0.29) is 18.1 Å². The number of carbonyl (C=O) groups is 1. The highest BCUT2D eigenvalue weighted by atomic mass is 32.2. The van der Waals surface area contributed by atoms with Crippen LogP contribution in [0.15, 0.2) is 29.2 Å². The van der Waals surface area contributed by atoms with Gasteiger partial charge in [-0.05, 0) is 30.9 Å². The SMILES string of the molecule is COC(CN)CC(=O)NC(C)c1ccc(SC)cc1. The summed E-state index contributed by atoms with van der Waals surface area (Å²) in [4.78, 5) is 13.0. The molecule has 3 N–H and O–H groups in total. The van der Waals surface area contributed by atoms with Gasteiger partial charge in [0.25, 0.3) is 0 Å². The molecule has 0 saturated heterocycles. The molecule has 0 bridgehead atoms. The number of nitrogens with two attached hydrogens (primary N) is 1. The number of methoxy groups -OCH3 is 1. The molecule has 106 valence electrons. The molecule has 0 aromatic heterocycles. The number of thioether (sulfide) groups is 1. The summed E-state index contributed by atoms with van der Waals surface area (Å²) in [7, 11) is 1.56. The van der Waals surface area contributed by atoms with E-state index in [1.807, 2.05) is 25.3 Å². The third kappa shape index (κ3) is 5.22. The molecule has 5 heteroatoms. The quantitative estimate of drug-likeness (QED) is 0.750. The molecule has 0 radical (unpaired) electrons. The lowest BCUT2D eigenvalue weighted by molar-refractivity contribution is -0.124. The molecule has 0 saturated carbocycles. The van der Waals surface area contributed by atoms with Gasteiger partial charge in [-0.1, -0.05) is 12.1 Å². The molecule has 0 fully saturated rings. The lowest BCUT2D eigenvalue weighted by atomic mass is 10.1. The highest BCUT2D eigenvalue weighted by molar-refractivity contribution is 7.98. The van der Waals surface area contributed by atoms with E-state index in [2.05, 4.69) is 17.4 Å². The Bertz CT molecular complexity index is 391. The predicted molar refractivity (Wildman–Crippen MR) is 79.2 cm³/mol. The van der Waals surface area contributed by atoms with Crippen molar-refractivity contribution in [3.8, 4) is 0 Å². The first-order valence-electron chi connectivity index (χ1n) is 6.26. The third-order valence-electron chi connectivity index (χ3n) is 3.00. The lowest BCUT2D eigenvalue weighted by Gasteiger charge is -2.17. The van der Waals surface area contributed by atoms with Crippen LogP contribution in [0.2, 0.25) is 0 Å². The lowest BCUT2D eigenvalue weighted by Crippen LogP contribution is -2.33. The number of amides is 1. The van der Waals surface area contributed by atoms with Crippen molar-refractivity contribution in [1.29, 1.82) is 0 Å². The fraction of sp³-hybridized carbons (Fsp3) is 0.500. The van der Waals surface area contributed by atoms with Gasteiger partial charge in [0.1, 0.15) is 0 Å². The van der Waals surface area contributed by atoms with Crippen LogP contribution >= 0.6 is 11.8 Å². The Kier molecular flexibility index (Phi) is 6.91. The minimum atomic E-state index is -0.217. The Morgan fingerprint density at radius 2 is 2.05 bits per heavy atom. The summed E-state index contributed by atoms with van der Waals surface area (Å²) in [5.74, 6) is -0.0428. The van der Waals surface area contributed by atoms with Crippen LogP contribution in [0.4, 0.5) is 0 Å². The molecule has 1 amide bonds. The number of ether oxygens (including phenoxy) is 1. The minimum Gasteiger partial charge on any atom is -0.380 e. The summed E-state index contributed by atoms with van der Waals surface area (Å²) >= 11 is 1.70. The highest BCUT2D eigenvalue weighted by Crippen LogP contribution is 2.19. The molecule has 0 aliphatic carbocycles. The molecule has 1 aromatic carbocycles. The number of benzene rings is 1. The van der Waals surface area contributed by atoms with Gasteiger partial charge in [0.2, 0.25) is 5.91 Å². The zero-order chi connectivity index (χ0) is 14.3. The number of rotatable bonds is 7. The molecule has 0 aliphatic rings. The molecule has 19 heavy (non-hydrogen) atoms. The normalized spacial score (nSPS) is 13.9. The average molecular weight is 282 g/mol. The summed E-state index contributed by atoms with van der Waals surface area (Å²) in [6.45, 7) is 2.32. The zero-order valence-electron chi connectivity index (χ0n) is 11.7. The topological polar surface area (TPSA) is 64.3 Å². The van der Waals surface area contributed by atoms with Gasteiger partial charge >= 0.3 is 0 Å². The van der Waals surface area contributed by atoms with Crippen molar-refractivity contribution in [3.05, 3.63) is 29.8 Å². The summed E-state index contributed by atoms with van der Waals surface area (Å²) in [5.41, 5.74) is 6.59. The summed E-state index contributed by atoms with van der Waals surface area (Å²) in [5, 5.41) is 2.95. The second-order valence-corrected chi connectivity index (χ2v) is 5.24. The molecule has 0 spiro atoms. The average Bonchev–Trinajstić information content (AvgIpc) is 2.44. The largest absolute Gasteiger partial charge is 0.380 e. The van der Waals surface area contributed by atoms with Crippen LogP contribution in [0.1, 0.15) is 24.9 Å². The number of hydrogen-bond acceptors (Lipinski definition) is 4.